The molecule has 0 bridgehead atoms. The lowest BCUT2D eigenvalue weighted by Gasteiger charge is -1.99. The number of aromatic nitrogens is 2. The fraction of sp³-hybridized carbons (Fsp3) is 0.200. The van der Waals surface area contributed by atoms with Gasteiger partial charge >= 0.3 is 5.97 Å². The lowest BCUT2D eigenvalue weighted by atomic mass is 10.2. The van der Waals surface area contributed by atoms with E-state index in [-0.39, 0.29) is 6.42 Å². The van der Waals surface area contributed by atoms with Crippen LogP contribution in [0.5, 0.6) is 0 Å². The summed E-state index contributed by atoms with van der Waals surface area (Å²) in [5.41, 5.74) is 1.73. The molecule has 0 unspecified atom stereocenters. The summed E-state index contributed by atoms with van der Waals surface area (Å²) in [4.78, 5) is 14.6. The summed E-state index contributed by atoms with van der Waals surface area (Å²) >= 11 is 0. The topological polar surface area (TPSA) is 54.6 Å². The van der Waals surface area contributed by atoms with E-state index in [4.69, 9.17) is 5.11 Å². The Morgan fingerprint density at radius 1 is 1.64 bits per heavy atom. The first-order valence-corrected chi connectivity index (χ1v) is 4.31. The minimum Gasteiger partial charge on any atom is -0.481 e. The smallest absolute Gasteiger partial charge is 0.307 e. The molecule has 1 N–H and O–H groups in total. The predicted octanol–water partition coefficient (Wildman–Crippen LogP) is 1.27. The molecular weight excluding hydrogens is 180 g/mol. The van der Waals surface area contributed by atoms with E-state index in [0.29, 0.717) is 0 Å². The number of carboxylic acids is 1. The summed E-state index contributed by atoms with van der Waals surface area (Å²) in [5, 5.41) is 8.62. The van der Waals surface area contributed by atoms with Crippen LogP contribution in [0.15, 0.2) is 24.5 Å². The number of imidazole rings is 1. The third-order valence-electron chi connectivity index (χ3n) is 2.14. The average Bonchev–Trinajstić information content (AvgIpc) is 2.46. The molecule has 0 amide bonds. The van der Waals surface area contributed by atoms with Gasteiger partial charge in [-0.2, -0.15) is 0 Å². The van der Waals surface area contributed by atoms with Crippen molar-refractivity contribution in [2.24, 2.45) is 0 Å². The average molecular weight is 190 g/mol. The van der Waals surface area contributed by atoms with Crippen molar-refractivity contribution in [3.63, 3.8) is 0 Å². The molecule has 4 heteroatoms. The van der Waals surface area contributed by atoms with Gasteiger partial charge in [-0.05, 0) is 24.6 Å². The van der Waals surface area contributed by atoms with Crippen LogP contribution in [0.25, 0.3) is 5.52 Å². The van der Waals surface area contributed by atoms with E-state index in [0.717, 1.165) is 16.9 Å². The fourth-order valence-electron chi connectivity index (χ4n) is 1.46. The molecule has 0 fully saturated rings. The van der Waals surface area contributed by atoms with Crippen molar-refractivity contribution >= 4 is 11.5 Å². The molecule has 72 valence electrons. The molecule has 0 aliphatic heterocycles. The number of carboxylic acid groups (broad SMARTS) is 1. The van der Waals surface area contributed by atoms with Crippen molar-refractivity contribution in [3.05, 3.63) is 35.9 Å². The van der Waals surface area contributed by atoms with Gasteiger partial charge in [-0.3, -0.25) is 4.79 Å². The predicted molar refractivity (Wildman–Crippen MR) is 51.3 cm³/mol. The van der Waals surface area contributed by atoms with Gasteiger partial charge in [-0.25, -0.2) is 4.98 Å². The number of hydrogen-bond acceptors (Lipinski definition) is 2. The van der Waals surface area contributed by atoms with Gasteiger partial charge in [0.1, 0.15) is 5.82 Å². The minimum absolute atomic E-state index is 0.0563. The zero-order chi connectivity index (χ0) is 10.1. The van der Waals surface area contributed by atoms with Crippen molar-refractivity contribution < 1.29 is 9.90 Å². The molecule has 2 aromatic heterocycles. The third-order valence-corrected chi connectivity index (χ3v) is 2.14. The quantitative estimate of drug-likeness (QED) is 0.775. The van der Waals surface area contributed by atoms with Crippen LogP contribution in [0.1, 0.15) is 11.4 Å². The number of pyridine rings is 1. The van der Waals surface area contributed by atoms with Crippen LogP contribution in [-0.4, -0.2) is 20.5 Å². The summed E-state index contributed by atoms with van der Waals surface area (Å²) in [7, 11) is 0. The summed E-state index contributed by atoms with van der Waals surface area (Å²) in [6, 6.07) is 3.64. The van der Waals surface area contributed by atoms with Crippen LogP contribution in [0.2, 0.25) is 0 Å². The Morgan fingerprint density at radius 3 is 3.14 bits per heavy atom. The normalized spacial score (nSPS) is 10.6. The Bertz CT molecular complexity index is 488. The van der Waals surface area contributed by atoms with E-state index < -0.39 is 5.97 Å². The molecular formula is C10H10N2O2. The van der Waals surface area contributed by atoms with Crippen LogP contribution < -0.4 is 0 Å². The van der Waals surface area contributed by atoms with Crippen LogP contribution in [0, 0.1) is 6.92 Å². The van der Waals surface area contributed by atoms with Crippen molar-refractivity contribution in [2.75, 3.05) is 0 Å². The van der Waals surface area contributed by atoms with E-state index in [1.54, 1.807) is 12.3 Å². The number of carbonyl (C=O) groups is 1. The van der Waals surface area contributed by atoms with Crippen molar-refractivity contribution in [3.8, 4) is 0 Å². The number of aryl methyl sites for hydroxylation is 1. The minimum atomic E-state index is -0.814. The summed E-state index contributed by atoms with van der Waals surface area (Å²) < 4.78 is 1.92. The maximum Gasteiger partial charge on any atom is 0.307 e. The Morgan fingerprint density at radius 2 is 2.43 bits per heavy atom. The number of fused-ring (bicyclic) bond motifs is 1. The van der Waals surface area contributed by atoms with Gasteiger partial charge in [-0.1, -0.05) is 0 Å². The second-order valence-electron chi connectivity index (χ2n) is 3.21. The highest BCUT2D eigenvalue weighted by atomic mass is 16.4. The van der Waals surface area contributed by atoms with Gasteiger partial charge in [0.15, 0.2) is 0 Å². The fourth-order valence-corrected chi connectivity index (χ4v) is 1.46. The van der Waals surface area contributed by atoms with Gasteiger partial charge in [0.05, 0.1) is 18.1 Å². The molecule has 0 aliphatic carbocycles. The molecule has 0 radical (unpaired) electrons. The van der Waals surface area contributed by atoms with Gasteiger partial charge in [0.2, 0.25) is 0 Å². The maximum absolute atomic E-state index is 10.5. The Balaban J connectivity index is 2.46. The molecule has 2 heterocycles. The molecule has 0 saturated heterocycles. The van der Waals surface area contributed by atoms with Crippen LogP contribution in [0.3, 0.4) is 0 Å². The standard InChI is InChI=1S/C10H10N2O2/c1-7-11-6-9-4-8(5-10(13)14)2-3-12(7)9/h2-4,6H,5H2,1H3,(H,13,14). The summed E-state index contributed by atoms with van der Waals surface area (Å²) in [6.07, 6.45) is 3.64. The summed E-state index contributed by atoms with van der Waals surface area (Å²) in [5.74, 6) is 0.0902. The van der Waals surface area contributed by atoms with E-state index in [1.165, 1.54) is 0 Å². The maximum atomic E-state index is 10.5. The number of hydrogen-bond donors (Lipinski definition) is 1. The van der Waals surface area contributed by atoms with E-state index in [9.17, 15) is 4.79 Å². The molecule has 14 heavy (non-hydrogen) atoms. The molecule has 4 nitrogen and oxygen atoms in total. The zero-order valence-corrected chi connectivity index (χ0v) is 7.77. The number of aliphatic carboxylic acids is 1. The van der Waals surface area contributed by atoms with E-state index in [1.807, 2.05) is 23.6 Å². The van der Waals surface area contributed by atoms with Crippen molar-refractivity contribution in [2.45, 2.75) is 13.3 Å². The lowest BCUT2D eigenvalue weighted by Crippen LogP contribution is -2.00. The third kappa shape index (κ3) is 1.46. The van der Waals surface area contributed by atoms with Crippen molar-refractivity contribution in [1.82, 2.24) is 9.38 Å². The highest BCUT2D eigenvalue weighted by Gasteiger charge is 2.03. The second kappa shape index (κ2) is 3.14. The number of nitrogens with zero attached hydrogens (tertiary/aromatic N) is 2. The van der Waals surface area contributed by atoms with Crippen LogP contribution in [0.4, 0.5) is 0 Å². The van der Waals surface area contributed by atoms with Crippen LogP contribution >= 0.6 is 0 Å². The first-order chi connectivity index (χ1) is 6.66. The zero-order valence-electron chi connectivity index (χ0n) is 7.77. The Hall–Kier alpha value is -1.84. The highest BCUT2D eigenvalue weighted by Crippen LogP contribution is 2.09. The van der Waals surface area contributed by atoms with E-state index >= 15 is 0 Å². The van der Waals surface area contributed by atoms with Gasteiger partial charge in [-0.15, -0.1) is 0 Å². The SMILES string of the molecule is Cc1ncc2cc(CC(=O)O)ccn12. The van der Waals surface area contributed by atoms with Crippen molar-refractivity contribution in [1.29, 1.82) is 0 Å². The molecule has 2 aromatic rings. The summed E-state index contributed by atoms with van der Waals surface area (Å²) in [6.45, 7) is 1.91. The van der Waals surface area contributed by atoms with Gasteiger partial charge in [0, 0.05) is 6.20 Å². The monoisotopic (exact) mass is 190 g/mol. The van der Waals surface area contributed by atoms with Gasteiger partial charge in [0.25, 0.3) is 0 Å². The Labute approximate surface area is 80.8 Å². The lowest BCUT2D eigenvalue weighted by molar-refractivity contribution is -0.136. The molecule has 0 aliphatic rings. The Kier molecular flexibility index (Phi) is 1.96. The number of rotatable bonds is 2. The highest BCUT2D eigenvalue weighted by molar-refractivity contribution is 5.70. The molecule has 0 saturated carbocycles. The molecule has 0 atom stereocenters. The molecule has 2 rings (SSSR count). The van der Waals surface area contributed by atoms with E-state index in [2.05, 4.69) is 4.98 Å². The first-order valence-electron chi connectivity index (χ1n) is 4.31. The first kappa shape index (κ1) is 8.74. The van der Waals surface area contributed by atoms with Gasteiger partial charge < -0.3 is 9.51 Å². The molecule has 0 aromatic carbocycles. The second-order valence-corrected chi connectivity index (χ2v) is 3.21. The molecule has 0 spiro atoms. The largest absolute Gasteiger partial charge is 0.481 e. The van der Waals surface area contributed by atoms with Crippen LogP contribution in [-0.2, 0) is 11.2 Å².